The van der Waals surface area contributed by atoms with Crippen molar-refractivity contribution in [3.8, 4) is 5.75 Å². The molecule has 0 fully saturated rings. The van der Waals surface area contributed by atoms with Gasteiger partial charge in [-0.15, -0.1) is 0 Å². The van der Waals surface area contributed by atoms with E-state index in [4.69, 9.17) is 10.5 Å². The summed E-state index contributed by atoms with van der Waals surface area (Å²) in [6.45, 7) is 11.5. The van der Waals surface area contributed by atoms with Gasteiger partial charge in [0.05, 0.1) is 0 Å². The first-order valence-corrected chi connectivity index (χ1v) is 7.52. The van der Waals surface area contributed by atoms with Crippen LogP contribution in [0.2, 0.25) is 0 Å². The summed E-state index contributed by atoms with van der Waals surface area (Å²) in [4.78, 5) is 11.5. The molecule has 0 bridgehead atoms. The van der Waals surface area contributed by atoms with Gasteiger partial charge in [-0.25, -0.2) is 0 Å². The number of aryl methyl sites for hydroxylation is 1. The first-order chi connectivity index (χ1) is 9.75. The van der Waals surface area contributed by atoms with Crippen LogP contribution in [0.3, 0.4) is 0 Å². The molecule has 1 rings (SSSR count). The number of carbonyl (C=O) groups is 1. The third-order valence-corrected chi connectivity index (χ3v) is 3.33. The van der Waals surface area contributed by atoms with Gasteiger partial charge in [-0.05, 0) is 42.5 Å². The zero-order chi connectivity index (χ0) is 16.0. The van der Waals surface area contributed by atoms with Crippen molar-refractivity contribution < 1.29 is 9.53 Å². The molecule has 0 aliphatic carbocycles. The Morgan fingerprint density at radius 3 is 2.57 bits per heavy atom. The van der Waals surface area contributed by atoms with Gasteiger partial charge in [0.25, 0.3) is 0 Å². The van der Waals surface area contributed by atoms with E-state index in [0.29, 0.717) is 0 Å². The molecule has 3 N–H and O–H groups in total. The summed E-state index contributed by atoms with van der Waals surface area (Å²) in [5.74, 6) is 0.445. The molecule has 0 saturated heterocycles. The van der Waals surface area contributed by atoms with Crippen LogP contribution in [0.4, 0.5) is 0 Å². The molecule has 1 aromatic carbocycles. The number of benzene rings is 1. The van der Waals surface area contributed by atoms with Gasteiger partial charge in [0.1, 0.15) is 18.4 Å². The lowest BCUT2D eigenvalue weighted by atomic mass is 9.86. The van der Waals surface area contributed by atoms with Crippen LogP contribution in [0.15, 0.2) is 18.2 Å². The zero-order valence-corrected chi connectivity index (χ0v) is 13.8. The fourth-order valence-corrected chi connectivity index (χ4v) is 2.10. The lowest BCUT2D eigenvalue weighted by molar-refractivity contribution is -0.120. The highest BCUT2D eigenvalue weighted by Gasteiger charge is 2.21. The number of hydrogen-bond acceptors (Lipinski definition) is 3. The van der Waals surface area contributed by atoms with E-state index < -0.39 is 6.04 Å². The van der Waals surface area contributed by atoms with Crippen LogP contribution in [0.5, 0.6) is 5.75 Å². The Kier molecular flexibility index (Phi) is 6.21. The molecule has 0 aliphatic rings. The number of primary amides is 1. The molecule has 1 aromatic rings. The van der Waals surface area contributed by atoms with E-state index in [9.17, 15) is 4.79 Å². The lowest BCUT2D eigenvalue weighted by Gasteiger charge is -2.24. The minimum absolute atomic E-state index is 0.0118. The van der Waals surface area contributed by atoms with Gasteiger partial charge in [-0.1, -0.05) is 39.8 Å². The van der Waals surface area contributed by atoms with Crippen LogP contribution in [0, 0.1) is 6.92 Å². The fourth-order valence-electron chi connectivity index (χ4n) is 2.10. The van der Waals surface area contributed by atoms with Crippen LogP contribution in [0.1, 0.15) is 45.2 Å². The van der Waals surface area contributed by atoms with E-state index in [2.05, 4.69) is 38.2 Å². The van der Waals surface area contributed by atoms with Crippen molar-refractivity contribution in [1.29, 1.82) is 0 Å². The summed E-state index contributed by atoms with van der Waals surface area (Å²) in [5.41, 5.74) is 7.67. The average Bonchev–Trinajstić information content (AvgIpc) is 2.37. The highest BCUT2D eigenvalue weighted by molar-refractivity contribution is 5.80. The largest absolute Gasteiger partial charge is 0.491 e. The van der Waals surface area contributed by atoms with Crippen molar-refractivity contribution in [3.05, 3.63) is 29.3 Å². The van der Waals surface area contributed by atoms with Gasteiger partial charge in [0.2, 0.25) is 5.91 Å². The molecular weight excluding hydrogens is 264 g/mol. The van der Waals surface area contributed by atoms with E-state index in [1.807, 2.05) is 19.9 Å². The highest BCUT2D eigenvalue weighted by Crippen LogP contribution is 2.32. The number of rotatable bonds is 7. The summed E-state index contributed by atoms with van der Waals surface area (Å²) in [7, 11) is 0. The Morgan fingerprint density at radius 1 is 1.38 bits per heavy atom. The van der Waals surface area contributed by atoms with Crippen molar-refractivity contribution in [1.82, 2.24) is 5.32 Å². The molecular formula is C17H28N2O2. The number of ether oxygens (including phenoxy) is 1. The molecule has 0 radical (unpaired) electrons. The predicted molar refractivity (Wildman–Crippen MR) is 86.7 cm³/mol. The Morgan fingerprint density at radius 2 is 2.05 bits per heavy atom. The van der Waals surface area contributed by atoms with Crippen molar-refractivity contribution in [2.75, 3.05) is 13.2 Å². The molecule has 0 spiro atoms. The molecule has 0 saturated carbocycles. The molecule has 118 valence electrons. The summed E-state index contributed by atoms with van der Waals surface area (Å²) >= 11 is 0. The molecule has 0 aliphatic heterocycles. The fraction of sp³-hybridized carbons (Fsp3) is 0.588. The van der Waals surface area contributed by atoms with E-state index in [0.717, 1.165) is 29.8 Å². The molecule has 1 atom stereocenters. The van der Waals surface area contributed by atoms with Crippen LogP contribution in [-0.2, 0) is 10.2 Å². The van der Waals surface area contributed by atoms with Gasteiger partial charge < -0.3 is 15.8 Å². The molecule has 4 nitrogen and oxygen atoms in total. The number of nitrogens with two attached hydrogens (primary N) is 1. The van der Waals surface area contributed by atoms with Crippen molar-refractivity contribution in [2.45, 2.75) is 52.5 Å². The Hall–Kier alpha value is -1.55. The third-order valence-electron chi connectivity index (χ3n) is 3.33. The first-order valence-electron chi connectivity index (χ1n) is 7.52. The van der Waals surface area contributed by atoms with Gasteiger partial charge in [-0.3, -0.25) is 4.79 Å². The van der Waals surface area contributed by atoms with Crippen molar-refractivity contribution >= 4 is 5.91 Å². The maximum Gasteiger partial charge on any atom is 0.238 e. The second-order valence-electron chi connectivity index (χ2n) is 6.47. The number of carbonyl (C=O) groups excluding carboxylic acids is 1. The minimum Gasteiger partial charge on any atom is -0.491 e. The molecule has 21 heavy (non-hydrogen) atoms. The maximum absolute atomic E-state index is 11.5. The first kappa shape index (κ1) is 17.5. The van der Waals surface area contributed by atoms with Crippen molar-refractivity contribution in [3.63, 3.8) is 0 Å². The minimum atomic E-state index is -0.460. The monoisotopic (exact) mass is 292 g/mol. The molecule has 0 heterocycles. The number of hydrogen-bond donors (Lipinski definition) is 2. The summed E-state index contributed by atoms with van der Waals surface area (Å²) in [6, 6.07) is 5.72. The average molecular weight is 292 g/mol. The van der Waals surface area contributed by atoms with Gasteiger partial charge in [0.15, 0.2) is 0 Å². The summed E-state index contributed by atoms with van der Waals surface area (Å²) in [6.07, 6.45) is 0.946. The maximum atomic E-state index is 11.5. The topological polar surface area (TPSA) is 64.3 Å². The Labute approximate surface area is 128 Å². The van der Waals surface area contributed by atoms with E-state index >= 15 is 0 Å². The normalized spacial score (nSPS) is 13.0. The van der Waals surface area contributed by atoms with E-state index in [-0.39, 0.29) is 17.9 Å². The second-order valence-corrected chi connectivity index (χ2v) is 6.47. The quantitative estimate of drug-likeness (QED) is 0.811. The van der Waals surface area contributed by atoms with Gasteiger partial charge >= 0.3 is 0 Å². The summed E-state index contributed by atoms with van der Waals surface area (Å²) < 4.78 is 5.90. The Bertz CT molecular complexity index is 478. The zero-order valence-electron chi connectivity index (χ0n) is 13.8. The highest BCUT2D eigenvalue weighted by atomic mass is 16.5. The molecule has 1 amide bonds. The van der Waals surface area contributed by atoms with Crippen LogP contribution in [0.25, 0.3) is 0 Å². The van der Waals surface area contributed by atoms with Gasteiger partial charge in [0, 0.05) is 0 Å². The summed E-state index contributed by atoms with van der Waals surface area (Å²) in [5, 5.41) is 3.11. The SMILES string of the molecule is CCCNC(COc1cc(C)ccc1C(C)(C)C)C(N)=O. The third kappa shape index (κ3) is 5.38. The van der Waals surface area contributed by atoms with Gasteiger partial charge in [-0.2, -0.15) is 0 Å². The Balaban J connectivity index is 2.86. The van der Waals surface area contributed by atoms with Crippen LogP contribution in [-0.4, -0.2) is 25.1 Å². The predicted octanol–water partition coefficient (Wildman–Crippen LogP) is 2.52. The second kappa shape index (κ2) is 7.46. The molecule has 1 unspecified atom stereocenters. The molecule has 4 heteroatoms. The number of amides is 1. The lowest BCUT2D eigenvalue weighted by Crippen LogP contribution is -2.45. The van der Waals surface area contributed by atoms with E-state index in [1.165, 1.54) is 0 Å². The van der Waals surface area contributed by atoms with Crippen LogP contribution >= 0.6 is 0 Å². The van der Waals surface area contributed by atoms with Crippen molar-refractivity contribution in [2.24, 2.45) is 5.73 Å². The standard InChI is InChI=1S/C17H28N2O2/c1-6-9-19-14(16(18)20)11-21-15-10-12(2)7-8-13(15)17(3,4)5/h7-8,10,14,19H,6,9,11H2,1-5H3,(H2,18,20). The smallest absolute Gasteiger partial charge is 0.238 e. The molecule has 0 aromatic heterocycles. The van der Waals surface area contributed by atoms with Crippen LogP contribution < -0.4 is 15.8 Å². The van der Waals surface area contributed by atoms with E-state index in [1.54, 1.807) is 0 Å². The number of nitrogens with one attached hydrogen (secondary N) is 1.